The lowest BCUT2D eigenvalue weighted by Gasteiger charge is -2.28. The molecule has 0 aromatic carbocycles. The lowest BCUT2D eigenvalue weighted by atomic mass is 9.88. The van der Waals surface area contributed by atoms with E-state index in [4.69, 9.17) is 15.4 Å². The minimum atomic E-state index is -3.85. The van der Waals surface area contributed by atoms with Gasteiger partial charge in [0, 0.05) is 23.4 Å². The first-order valence-corrected chi connectivity index (χ1v) is 9.49. The number of carbonyl (C=O) groups is 1. The molecule has 21 heavy (non-hydrogen) atoms. The molecular weight excluding hydrogens is 314 g/mol. The summed E-state index contributed by atoms with van der Waals surface area (Å²) in [7, 11) is 1.48. The third-order valence-corrected chi connectivity index (χ3v) is 5.31. The fraction of sp³-hybridized carbons (Fsp3) is 0.643. The standard InChI is InChI=1S/C14H20ClNO4S/c1-3-16-9-11(21(15,18)19)8-12(16)14(17)20-13-7-5-4-6-10(13)2/h8-10,13H,3-7H2,1-2H3. The van der Waals surface area contributed by atoms with E-state index in [1.165, 1.54) is 12.3 Å². The van der Waals surface area contributed by atoms with Crippen molar-refractivity contribution >= 4 is 25.7 Å². The molecule has 1 aliphatic carbocycles. The average molecular weight is 334 g/mol. The van der Waals surface area contributed by atoms with E-state index in [0.717, 1.165) is 25.7 Å². The maximum absolute atomic E-state index is 12.3. The molecule has 2 unspecified atom stereocenters. The number of ether oxygens (including phenoxy) is 1. The molecule has 0 radical (unpaired) electrons. The van der Waals surface area contributed by atoms with Gasteiger partial charge in [-0.15, -0.1) is 0 Å². The summed E-state index contributed by atoms with van der Waals surface area (Å²) < 4.78 is 29.9. The van der Waals surface area contributed by atoms with Crippen LogP contribution in [-0.2, 0) is 20.3 Å². The summed E-state index contributed by atoms with van der Waals surface area (Å²) >= 11 is 0. The molecule has 1 fully saturated rings. The van der Waals surface area contributed by atoms with Crippen LogP contribution < -0.4 is 0 Å². The van der Waals surface area contributed by atoms with Gasteiger partial charge in [-0.2, -0.15) is 0 Å². The summed E-state index contributed by atoms with van der Waals surface area (Å²) in [6, 6.07) is 1.28. The van der Waals surface area contributed by atoms with Gasteiger partial charge in [0.15, 0.2) is 0 Å². The second-order valence-corrected chi connectivity index (χ2v) is 8.06. The third-order valence-electron chi connectivity index (χ3n) is 3.99. The highest BCUT2D eigenvalue weighted by Crippen LogP contribution is 2.27. The van der Waals surface area contributed by atoms with Crippen LogP contribution in [0.25, 0.3) is 0 Å². The molecule has 2 atom stereocenters. The Hall–Kier alpha value is -1.01. The lowest BCUT2D eigenvalue weighted by Crippen LogP contribution is -2.29. The van der Waals surface area contributed by atoms with Gasteiger partial charge in [0.05, 0.1) is 0 Å². The molecule has 5 nitrogen and oxygen atoms in total. The first-order chi connectivity index (χ1) is 9.82. The minimum Gasteiger partial charge on any atom is -0.457 e. The number of carbonyl (C=O) groups excluding carboxylic acids is 1. The zero-order chi connectivity index (χ0) is 15.6. The molecule has 0 saturated heterocycles. The van der Waals surface area contributed by atoms with Crippen molar-refractivity contribution < 1.29 is 17.9 Å². The number of aryl methyl sites for hydroxylation is 1. The van der Waals surface area contributed by atoms with Crippen LogP contribution in [-0.4, -0.2) is 25.1 Å². The molecule has 0 amide bonds. The molecule has 0 spiro atoms. The summed E-state index contributed by atoms with van der Waals surface area (Å²) in [6.07, 6.45) is 5.40. The monoisotopic (exact) mass is 333 g/mol. The van der Waals surface area contributed by atoms with Gasteiger partial charge in [-0.3, -0.25) is 0 Å². The Balaban J connectivity index is 2.20. The Morgan fingerprint density at radius 3 is 2.67 bits per heavy atom. The fourth-order valence-corrected chi connectivity index (χ4v) is 3.46. The highest BCUT2D eigenvalue weighted by molar-refractivity contribution is 8.13. The topological polar surface area (TPSA) is 65.4 Å². The van der Waals surface area contributed by atoms with Crippen molar-refractivity contribution in [2.24, 2.45) is 5.92 Å². The SMILES string of the molecule is CCn1cc(S(=O)(=O)Cl)cc1C(=O)OC1CCCCC1C. The normalized spacial score (nSPS) is 23.0. The van der Waals surface area contributed by atoms with E-state index in [-0.39, 0.29) is 16.7 Å². The molecular formula is C14H20ClNO4S. The number of hydrogen-bond donors (Lipinski definition) is 0. The van der Waals surface area contributed by atoms with Gasteiger partial charge < -0.3 is 9.30 Å². The van der Waals surface area contributed by atoms with Gasteiger partial charge in [-0.1, -0.05) is 13.3 Å². The summed E-state index contributed by atoms with van der Waals surface area (Å²) in [4.78, 5) is 12.2. The van der Waals surface area contributed by atoms with Gasteiger partial charge in [0.1, 0.15) is 16.7 Å². The van der Waals surface area contributed by atoms with Gasteiger partial charge in [0.2, 0.25) is 0 Å². The fourth-order valence-electron chi connectivity index (χ4n) is 2.70. The number of hydrogen-bond acceptors (Lipinski definition) is 4. The van der Waals surface area contributed by atoms with Crippen molar-refractivity contribution in [3.05, 3.63) is 18.0 Å². The molecule has 0 N–H and O–H groups in total. The minimum absolute atomic E-state index is 0.0744. The zero-order valence-corrected chi connectivity index (χ0v) is 13.8. The van der Waals surface area contributed by atoms with Crippen molar-refractivity contribution in [1.82, 2.24) is 4.57 Å². The van der Waals surface area contributed by atoms with E-state index in [1.54, 1.807) is 4.57 Å². The van der Waals surface area contributed by atoms with Crippen molar-refractivity contribution in [2.45, 2.75) is 57.1 Å². The van der Waals surface area contributed by atoms with Crippen LogP contribution in [0.3, 0.4) is 0 Å². The Labute approximate surface area is 129 Å². The van der Waals surface area contributed by atoms with E-state index >= 15 is 0 Å². The summed E-state index contributed by atoms with van der Waals surface area (Å²) in [6.45, 7) is 4.37. The van der Waals surface area contributed by atoms with Crippen molar-refractivity contribution in [2.75, 3.05) is 0 Å². The number of esters is 1. The third kappa shape index (κ3) is 3.80. The van der Waals surface area contributed by atoms with Gasteiger partial charge in [-0.05, 0) is 38.2 Å². The van der Waals surface area contributed by atoms with Crippen molar-refractivity contribution in [3.63, 3.8) is 0 Å². The van der Waals surface area contributed by atoms with Gasteiger partial charge in [-0.25, -0.2) is 13.2 Å². The molecule has 1 aromatic rings. The van der Waals surface area contributed by atoms with Crippen molar-refractivity contribution in [3.8, 4) is 0 Å². The smallest absolute Gasteiger partial charge is 0.355 e. The van der Waals surface area contributed by atoms with Crippen LogP contribution in [0, 0.1) is 5.92 Å². The Morgan fingerprint density at radius 1 is 1.43 bits per heavy atom. The van der Waals surface area contributed by atoms with Gasteiger partial charge >= 0.3 is 5.97 Å². The average Bonchev–Trinajstić information content (AvgIpc) is 2.85. The first kappa shape index (κ1) is 16.4. The van der Waals surface area contributed by atoms with Gasteiger partial charge in [0.25, 0.3) is 9.05 Å². The maximum Gasteiger partial charge on any atom is 0.355 e. The zero-order valence-electron chi connectivity index (χ0n) is 12.2. The van der Waals surface area contributed by atoms with E-state index in [1.807, 2.05) is 6.92 Å². The number of rotatable bonds is 4. The summed E-state index contributed by atoms with van der Waals surface area (Å²) in [5.74, 6) is -0.147. The van der Waals surface area contributed by atoms with Crippen LogP contribution >= 0.6 is 10.7 Å². The molecule has 0 aliphatic heterocycles. The van der Waals surface area contributed by atoms with Crippen LogP contribution in [0.2, 0.25) is 0 Å². The van der Waals surface area contributed by atoms with Crippen molar-refractivity contribution in [1.29, 1.82) is 0 Å². The largest absolute Gasteiger partial charge is 0.457 e. The highest BCUT2D eigenvalue weighted by atomic mass is 35.7. The van der Waals surface area contributed by atoms with Crippen LogP contribution in [0.15, 0.2) is 17.2 Å². The van der Waals surface area contributed by atoms with E-state index in [2.05, 4.69) is 6.92 Å². The molecule has 1 saturated carbocycles. The van der Waals surface area contributed by atoms with Crippen LogP contribution in [0.4, 0.5) is 0 Å². The van der Waals surface area contributed by atoms with E-state index < -0.39 is 15.0 Å². The molecule has 1 heterocycles. The molecule has 118 valence electrons. The molecule has 0 bridgehead atoms. The van der Waals surface area contributed by atoms with E-state index in [9.17, 15) is 13.2 Å². The summed E-state index contributed by atoms with van der Waals surface area (Å²) in [5.41, 5.74) is 0.231. The lowest BCUT2D eigenvalue weighted by molar-refractivity contribution is 0.00374. The highest BCUT2D eigenvalue weighted by Gasteiger charge is 2.27. The second-order valence-electron chi connectivity index (χ2n) is 5.49. The Bertz CT molecular complexity index is 623. The number of nitrogens with zero attached hydrogens (tertiary/aromatic N) is 1. The maximum atomic E-state index is 12.3. The second kappa shape index (κ2) is 6.40. The number of halogens is 1. The molecule has 1 aromatic heterocycles. The molecule has 2 rings (SSSR count). The van der Waals surface area contributed by atoms with E-state index in [0.29, 0.717) is 12.5 Å². The number of aromatic nitrogens is 1. The van der Waals surface area contributed by atoms with Crippen LogP contribution in [0.5, 0.6) is 0 Å². The first-order valence-electron chi connectivity index (χ1n) is 7.18. The quantitative estimate of drug-likeness (QED) is 0.627. The predicted molar refractivity (Wildman–Crippen MR) is 80.0 cm³/mol. The Morgan fingerprint density at radius 2 is 2.10 bits per heavy atom. The van der Waals surface area contributed by atoms with Crippen LogP contribution in [0.1, 0.15) is 50.0 Å². The summed E-state index contributed by atoms with van der Waals surface area (Å²) in [5, 5.41) is 0. The molecule has 1 aliphatic rings. The predicted octanol–water partition coefficient (Wildman–Crippen LogP) is 3.17. The Kier molecular flexibility index (Phi) is 4.99. The molecule has 7 heteroatoms.